The van der Waals surface area contributed by atoms with Gasteiger partial charge in [0, 0.05) is 5.56 Å². The van der Waals surface area contributed by atoms with Crippen molar-refractivity contribution in [3.63, 3.8) is 0 Å². The molecule has 0 radical (unpaired) electrons. The molecule has 1 aliphatic rings. The molecule has 0 atom stereocenters. The third kappa shape index (κ3) is 2.81. The summed E-state index contributed by atoms with van der Waals surface area (Å²) in [6.45, 7) is 0.193. The van der Waals surface area contributed by atoms with E-state index in [1.165, 1.54) is 6.26 Å². The number of esters is 1. The molecule has 1 aliphatic heterocycles. The average molecular weight is 323 g/mol. The molecule has 2 aromatic carbocycles. The SMILES string of the molecule is O=C(OCc1coc(-c2ccccc2)n1)c1ccc2c(c1)OCO2. The van der Waals surface area contributed by atoms with E-state index in [4.69, 9.17) is 18.6 Å². The number of carbonyl (C=O) groups is 1. The number of hydrogen-bond donors (Lipinski definition) is 0. The first-order valence-electron chi connectivity index (χ1n) is 7.36. The van der Waals surface area contributed by atoms with Gasteiger partial charge in [0.15, 0.2) is 11.5 Å². The van der Waals surface area contributed by atoms with Crippen molar-refractivity contribution < 1.29 is 23.4 Å². The zero-order valence-electron chi connectivity index (χ0n) is 12.6. The van der Waals surface area contributed by atoms with E-state index in [0.29, 0.717) is 28.6 Å². The van der Waals surface area contributed by atoms with E-state index in [0.717, 1.165) is 5.56 Å². The normalized spacial score (nSPS) is 12.2. The van der Waals surface area contributed by atoms with E-state index in [-0.39, 0.29) is 13.4 Å². The Morgan fingerprint density at radius 1 is 1.08 bits per heavy atom. The summed E-state index contributed by atoms with van der Waals surface area (Å²) < 4.78 is 21.1. The molecule has 2 heterocycles. The molecule has 0 bridgehead atoms. The minimum absolute atomic E-state index is 0.0314. The van der Waals surface area contributed by atoms with Crippen molar-refractivity contribution in [2.75, 3.05) is 6.79 Å². The van der Waals surface area contributed by atoms with E-state index in [2.05, 4.69) is 4.98 Å². The maximum absolute atomic E-state index is 12.1. The van der Waals surface area contributed by atoms with Crippen molar-refractivity contribution >= 4 is 5.97 Å². The zero-order valence-corrected chi connectivity index (χ0v) is 12.6. The Hall–Kier alpha value is -3.28. The first kappa shape index (κ1) is 14.3. The fraction of sp³-hybridized carbons (Fsp3) is 0.111. The Morgan fingerprint density at radius 3 is 2.79 bits per heavy atom. The molecule has 6 heteroatoms. The summed E-state index contributed by atoms with van der Waals surface area (Å²) in [6.07, 6.45) is 1.48. The molecule has 0 aliphatic carbocycles. The standard InChI is InChI=1S/C18H13NO5/c20-18(13-6-7-15-16(8-13)24-11-23-15)22-10-14-9-21-17(19-14)12-4-2-1-3-5-12/h1-9H,10-11H2. The van der Waals surface area contributed by atoms with Crippen LogP contribution in [0, 0.1) is 0 Å². The molecule has 4 rings (SSSR count). The highest BCUT2D eigenvalue weighted by atomic mass is 16.7. The molecule has 0 unspecified atom stereocenters. The van der Waals surface area contributed by atoms with Crippen LogP contribution in [-0.4, -0.2) is 17.7 Å². The number of benzene rings is 2. The molecule has 3 aromatic rings. The van der Waals surface area contributed by atoms with E-state index >= 15 is 0 Å². The van der Waals surface area contributed by atoms with Crippen molar-refractivity contribution in [2.45, 2.75) is 6.61 Å². The molecule has 0 fully saturated rings. The quantitative estimate of drug-likeness (QED) is 0.685. The van der Waals surface area contributed by atoms with Gasteiger partial charge in [-0.05, 0) is 30.3 Å². The number of fused-ring (bicyclic) bond motifs is 1. The summed E-state index contributed by atoms with van der Waals surface area (Å²) in [5.74, 6) is 1.19. The van der Waals surface area contributed by atoms with Crippen LogP contribution in [0.3, 0.4) is 0 Å². The largest absolute Gasteiger partial charge is 0.455 e. The maximum Gasteiger partial charge on any atom is 0.338 e. The van der Waals surface area contributed by atoms with E-state index in [9.17, 15) is 4.79 Å². The summed E-state index contributed by atoms with van der Waals surface area (Å²) in [4.78, 5) is 16.4. The molecular weight excluding hydrogens is 310 g/mol. The third-order valence-electron chi connectivity index (χ3n) is 3.53. The van der Waals surface area contributed by atoms with Crippen molar-refractivity contribution in [1.82, 2.24) is 4.98 Å². The summed E-state index contributed by atoms with van der Waals surface area (Å²) >= 11 is 0. The first-order chi connectivity index (χ1) is 11.8. The van der Waals surface area contributed by atoms with Gasteiger partial charge >= 0.3 is 5.97 Å². The van der Waals surface area contributed by atoms with Crippen LogP contribution in [-0.2, 0) is 11.3 Å². The number of carbonyl (C=O) groups excluding carboxylic acids is 1. The minimum Gasteiger partial charge on any atom is -0.455 e. The second kappa shape index (κ2) is 6.08. The second-order valence-electron chi connectivity index (χ2n) is 5.15. The summed E-state index contributed by atoms with van der Waals surface area (Å²) in [6, 6.07) is 14.4. The smallest absolute Gasteiger partial charge is 0.338 e. The number of aromatic nitrogens is 1. The van der Waals surface area contributed by atoms with Gasteiger partial charge in [-0.3, -0.25) is 0 Å². The van der Waals surface area contributed by atoms with Gasteiger partial charge in [0.25, 0.3) is 0 Å². The highest BCUT2D eigenvalue weighted by Gasteiger charge is 2.17. The molecule has 0 saturated heterocycles. The Balaban J connectivity index is 1.42. The van der Waals surface area contributed by atoms with Crippen molar-refractivity contribution in [2.24, 2.45) is 0 Å². The molecular formula is C18H13NO5. The molecule has 120 valence electrons. The van der Waals surface area contributed by atoms with Crippen LogP contribution in [0.1, 0.15) is 16.1 Å². The molecule has 24 heavy (non-hydrogen) atoms. The predicted molar refractivity (Wildman–Crippen MR) is 83.6 cm³/mol. The van der Waals surface area contributed by atoms with Gasteiger partial charge in [0.2, 0.25) is 12.7 Å². The van der Waals surface area contributed by atoms with Crippen LogP contribution in [0.4, 0.5) is 0 Å². The number of nitrogens with zero attached hydrogens (tertiary/aromatic N) is 1. The van der Waals surface area contributed by atoms with Crippen LogP contribution < -0.4 is 9.47 Å². The van der Waals surface area contributed by atoms with Gasteiger partial charge in [-0.1, -0.05) is 18.2 Å². The fourth-order valence-electron chi connectivity index (χ4n) is 2.33. The molecule has 1 aromatic heterocycles. The zero-order chi connectivity index (χ0) is 16.4. The predicted octanol–water partition coefficient (Wildman–Crippen LogP) is 3.43. The van der Waals surface area contributed by atoms with Crippen LogP contribution in [0.2, 0.25) is 0 Å². The van der Waals surface area contributed by atoms with Gasteiger partial charge < -0.3 is 18.6 Å². The van der Waals surface area contributed by atoms with Crippen LogP contribution in [0.15, 0.2) is 59.2 Å². The molecule has 0 spiro atoms. The fourth-order valence-corrected chi connectivity index (χ4v) is 2.33. The Labute approximate surface area is 137 Å². The Kier molecular flexibility index (Phi) is 3.63. The van der Waals surface area contributed by atoms with Crippen LogP contribution >= 0.6 is 0 Å². The van der Waals surface area contributed by atoms with Gasteiger partial charge in [-0.2, -0.15) is 0 Å². The maximum atomic E-state index is 12.1. The van der Waals surface area contributed by atoms with Gasteiger partial charge in [0.1, 0.15) is 18.6 Å². The highest BCUT2D eigenvalue weighted by molar-refractivity contribution is 5.90. The van der Waals surface area contributed by atoms with Gasteiger partial charge in [-0.25, -0.2) is 9.78 Å². The molecule has 6 nitrogen and oxygen atoms in total. The third-order valence-corrected chi connectivity index (χ3v) is 3.53. The van der Waals surface area contributed by atoms with Gasteiger partial charge in [-0.15, -0.1) is 0 Å². The summed E-state index contributed by atoms with van der Waals surface area (Å²) in [5, 5.41) is 0. The molecule has 0 saturated carbocycles. The number of ether oxygens (including phenoxy) is 3. The minimum atomic E-state index is -0.461. The highest BCUT2D eigenvalue weighted by Crippen LogP contribution is 2.32. The molecule has 0 amide bonds. The van der Waals surface area contributed by atoms with Crippen LogP contribution in [0.25, 0.3) is 11.5 Å². The number of oxazole rings is 1. The lowest BCUT2D eigenvalue weighted by molar-refractivity contribution is 0.0467. The average Bonchev–Trinajstić information content (AvgIpc) is 3.29. The second-order valence-corrected chi connectivity index (χ2v) is 5.15. The van der Waals surface area contributed by atoms with Gasteiger partial charge in [0.05, 0.1) is 5.56 Å². The lowest BCUT2D eigenvalue weighted by Gasteiger charge is -2.03. The number of rotatable bonds is 4. The van der Waals surface area contributed by atoms with Crippen molar-refractivity contribution in [3.8, 4) is 23.0 Å². The van der Waals surface area contributed by atoms with Crippen molar-refractivity contribution in [1.29, 1.82) is 0 Å². The van der Waals surface area contributed by atoms with E-state index < -0.39 is 5.97 Å². The van der Waals surface area contributed by atoms with Crippen molar-refractivity contribution in [3.05, 3.63) is 66.1 Å². The summed E-state index contributed by atoms with van der Waals surface area (Å²) in [7, 11) is 0. The lowest BCUT2D eigenvalue weighted by Crippen LogP contribution is -2.05. The first-order valence-corrected chi connectivity index (χ1v) is 7.36. The lowest BCUT2D eigenvalue weighted by atomic mass is 10.2. The topological polar surface area (TPSA) is 70.8 Å². The van der Waals surface area contributed by atoms with E-state index in [1.54, 1.807) is 18.2 Å². The number of hydrogen-bond acceptors (Lipinski definition) is 6. The molecule has 0 N–H and O–H groups in total. The Bertz CT molecular complexity index is 872. The van der Waals surface area contributed by atoms with E-state index in [1.807, 2.05) is 30.3 Å². The Morgan fingerprint density at radius 2 is 1.92 bits per heavy atom. The monoisotopic (exact) mass is 323 g/mol. The van der Waals surface area contributed by atoms with Crippen LogP contribution in [0.5, 0.6) is 11.5 Å². The summed E-state index contributed by atoms with van der Waals surface area (Å²) in [5.41, 5.74) is 1.81.